The van der Waals surface area contributed by atoms with Crippen LogP contribution in [0, 0.1) is 0 Å². The van der Waals surface area contributed by atoms with E-state index in [9.17, 15) is 9.90 Å². The average molecular weight is 270 g/mol. The summed E-state index contributed by atoms with van der Waals surface area (Å²) < 4.78 is 5.50. The van der Waals surface area contributed by atoms with Crippen LogP contribution in [0.15, 0.2) is 48.5 Å². The van der Waals surface area contributed by atoms with Gasteiger partial charge in [-0.25, -0.2) is 0 Å². The molecule has 0 atom stereocenters. The van der Waals surface area contributed by atoms with Gasteiger partial charge in [-0.3, -0.25) is 4.79 Å². The summed E-state index contributed by atoms with van der Waals surface area (Å²) in [6.07, 6.45) is 2.02. The number of carbonyl (C=O) groups is 1. The summed E-state index contributed by atoms with van der Waals surface area (Å²) in [5.74, 6) is 0.344. The molecule has 20 heavy (non-hydrogen) atoms. The second kappa shape index (κ2) is 6.75. The molecule has 0 radical (unpaired) electrons. The number of ketones is 1. The summed E-state index contributed by atoms with van der Waals surface area (Å²) >= 11 is 0. The molecule has 0 saturated heterocycles. The Bertz CT molecular complexity index is 576. The molecule has 0 aliphatic heterocycles. The summed E-state index contributed by atoms with van der Waals surface area (Å²) in [6, 6.07) is 13.7. The quantitative estimate of drug-likeness (QED) is 0.641. The van der Waals surface area contributed by atoms with E-state index in [0.717, 1.165) is 12.8 Å². The van der Waals surface area contributed by atoms with Crippen LogP contribution in [0.5, 0.6) is 11.5 Å². The fourth-order valence-corrected chi connectivity index (χ4v) is 1.87. The van der Waals surface area contributed by atoms with Gasteiger partial charge in [0.25, 0.3) is 0 Å². The number of hydrogen-bond acceptors (Lipinski definition) is 3. The molecule has 0 aliphatic rings. The second-order valence-corrected chi connectivity index (χ2v) is 4.58. The van der Waals surface area contributed by atoms with E-state index in [-0.39, 0.29) is 11.5 Å². The molecule has 0 saturated carbocycles. The Hall–Kier alpha value is -2.29. The fourth-order valence-electron chi connectivity index (χ4n) is 1.87. The van der Waals surface area contributed by atoms with Crippen molar-refractivity contribution in [1.82, 2.24) is 0 Å². The van der Waals surface area contributed by atoms with Crippen molar-refractivity contribution in [2.45, 2.75) is 19.8 Å². The topological polar surface area (TPSA) is 46.5 Å². The van der Waals surface area contributed by atoms with E-state index >= 15 is 0 Å². The number of rotatable bonds is 6. The summed E-state index contributed by atoms with van der Waals surface area (Å²) in [7, 11) is 0. The minimum Gasteiger partial charge on any atom is -0.507 e. The first-order chi connectivity index (χ1) is 9.72. The van der Waals surface area contributed by atoms with Crippen molar-refractivity contribution in [3.63, 3.8) is 0 Å². The first kappa shape index (κ1) is 14.1. The normalized spacial score (nSPS) is 10.2. The zero-order chi connectivity index (χ0) is 14.4. The summed E-state index contributed by atoms with van der Waals surface area (Å²) in [5.41, 5.74) is 0.849. The maximum Gasteiger partial charge on any atom is 0.196 e. The van der Waals surface area contributed by atoms with Gasteiger partial charge in [0.05, 0.1) is 12.2 Å². The maximum atomic E-state index is 12.2. The van der Waals surface area contributed by atoms with Gasteiger partial charge in [0.2, 0.25) is 0 Å². The Labute approximate surface area is 118 Å². The lowest BCUT2D eigenvalue weighted by Crippen LogP contribution is -2.02. The molecule has 3 nitrogen and oxygen atoms in total. The highest BCUT2D eigenvalue weighted by molar-refractivity contribution is 6.10. The van der Waals surface area contributed by atoms with Crippen LogP contribution in [-0.2, 0) is 0 Å². The van der Waals surface area contributed by atoms with Gasteiger partial charge in [0.15, 0.2) is 5.78 Å². The van der Waals surface area contributed by atoms with E-state index in [1.165, 1.54) is 6.07 Å². The minimum absolute atomic E-state index is 0.0483. The Morgan fingerprint density at radius 1 is 1.15 bits per heavy atom. The first-order valence-corrected chi connectivity index (χ1v) is 6.78. The minimum atomic E-state index is -0.191. The number of phenols is 1. The van der Waals surface area contributed by atoms with Crippen molar-refractivity contribution < 1.29 is 14.6 Å². The number of phenolic OH excluding ortho intramolecular Hbond substituents is 1. The summed E-state index contributed by atoms with van der Waals surface area (Å²) in [5, 5.41) is 9.98. The highest BCUT2D eigenvalue weighted by Crippen LogP contribution is 2.26. The number of benzene rings is 2. The number of ether oxygens (including phenoxy) is 1. The maximum absolute atomic E-state index is 12.2. The van der Waals surface area contributed by atoms with Crippen molar-refractivity contribution in [1.29, 1.82) is 0 Å². The van der Waals surface area contributed by atoms with Gasteiger partial charge in [-0.15, -0.1) is 0 Å². The average Bonchev–Trinajstić information content (AvgIpc) is 2.48. The number of aromatic hydroxyl groups is 1. The number of carbonyl (C=O) groups excluding carboxylic acids is 1. The van der Waals surface area contributed by atoms with Crippen LogP contribution in [0.1, 0.15) is 35.7 Å². The largest absolute Gasteiger partial charge is 0.507 e. The van der Waals surface area contributed by atoms with E-state index in [2.05, 4.69) is 6.92 Å². The molecule has 2 aromatic rings. The second-order valence-electron chi connectivity index (χ2n) is 4.58. The van der Waals surface area contributed by atoms with Gasteiger partial charge in [0, 0.05) is 11.6 Å². The zero-order valence-corrected chi connectivity index (χ0v) is 11.5. The highest BCUT2D eigenvalue weighted by atomic mass is 16.5. The van der Waals surface area contributed by atoms with E-state index in [1.54, 1.807) is 36.4 Å². The first-order valence-electron chi connectivity index (χ1n) is 6.78. The molecule has 1 N–H and O–H groups in total. The molecule has 0 unspecified atom stereocenters. The highest BCUT2D eigenvalue weighted by Gasteiger charge is 2.13. The van der Waals surface area contributed by atoms with Crippen LogP contribution in [0.25, 0.3) is 0 Å². The van der Waals surface area contributed by atoms with Crippen LogP contribution in [0.3, 0.4) is 0 Å². The standard InChI is InChI=1S/C17H18O3/c1-2-3-11-20-14-9-10-15(16(18)12-14)17(19)13-7-5-4-6-8-13/h4-10,12,18H,2-3,11H2,1H3. The fraction of sp³-hybridized carbons (Fsp3) is 0.235. The molecule has 104 valence electrons. The molecule has 0 aliphatic carbocycles. The molecular formula is C17H18O3. The van der Waals surface area contributed by atoms with Crippen molar-refractivity contribution in [3.05, 3.63) is 59.7 Å². The molecule has 0 aromatic heterocycles. The van der Waals surface area contributed by atoms with Crippen molar-refractivity contribution >= 4 is 5.78 Å². The molecular weight excluding hydrogens is 252 g/mol. The smallest absolute Gasteiger partial charge is 0.196 e. The van der Waals surface area contributed by atoms with E-state index < -0.39 is 0 Å². The van der Waals surface area contributed by atoms with Gasteiger partial charge in [-0.2, -0.15) is 0 Å². The molecule has 0 amide bonds. The van der Waals surface area contributed by atoms with Crippen molar-refractivity contribution in [2.24, 2.45) is 0 Å². The number of unbranched alkanes of at least 4 members (excludes halogenated alkanes) is 1. The van der Waals surface area contributed by atoms with Gasteiger partial charge >= 0.3 is 0 Å². The molecule has 2 aromatic carbocycles. The molecule has 3 heteroatoms. The third kappa shape index (κ3) is 3.38. The van der Waals surface area contributed by atoms with Crippen LogP contribution in [0.4, 0.5) is 0 Å². The molecule has 0 spiro atoms. The predicted molar refractivity (Wildman–Crippen MR) is 78.4 cm³/mol. The van der Waals surface area contributed by atoms with E-state index in [4.69, 9.17) is 4.74 Å². The van der Waals surface area contributed by atoms with Crippen molar-refractivity contribution in [2.75, 3.05) is 6.61 Å². The van der Waals surface area contributed by atoms with Crippen LogP contribution in [0.2, 0.25) is 0 Å². The zero-order valence-electron chi connectivity index (χ0n) is 11.5. The molecule has 0 heterocycles. The lowest BCUT2D eigenvalue weighted by molar-refractivity contribution is 0.103. The number of hydrogen-bond donors (Lipinski definition) is 1. The lowest BCUT2D eigenvalue weighted by atomic mass is 10.0. The monoisotopic (exact) mass is 270 g/mol. The Morgan fingerprint density at radius 3 is 2.55 bits per heavy atom. The van der Waals surface area contributed by atoms with Crippen LogP contribution >= 0.6 is 0 Å². The third-order valence-electron chi connectivity index (χ3n) is 3.02. The van der Waals surface area contributed by atoms with Gasteiger partial charge in [-0.1, -0.05) is 43.7 Å². The van der Waals surface area contributed by atoms with Gasteiger partial charge in [0.1, 0.15) is 11.5 Å². The lowest BCUT2D eigenvalue weighted by Gasteiger charge is -2.08. The Balaban J connectivity index is 2.15. The summed E-state index contributed by atoms with van der Waals surface area (Å²) in [6.45, 7) is 2.70. The predicted octanol–water partition coefficient (Wildman–Crippen LogP) is 3.80. The molecule has 2 rings (SSSR count). The van der Waals surface area contributed by atoms with E-state index in [1.807, 2.05) is 6.07 Å². The van der Waals surface area contributed by atoms with Gasteiger partial charge < -0.3 is 9.84 Å². The third-order valence-corrected chi connectivity index (χ3v) is 3.02. The van der Waals surface area contributed by atoms with Crippen LogP contribution in [-0.4, -0.2) is 17.5 Å². The molecule has 0 fully saturated rings. The SMILES string of the molecule is CCCCOc1ccc(C(=O)c2ccccc2)c(O)c1. The van der Waals surface area contributed by atoms with Crippen LogP contribution < -0.4 is 4.74 Å². The van der Waals surface area contributed by atoms with Crippen molar-refractivity contribution in [3.8, 4) is 11.5 Å². The van der Waals surface area contributed by atoms with Gasteiger partial charge in [-0.05, 0) is 18.6 Å². The molecule has 0 bridgehead atoms. The summed E-state index contributed by atoms with van der Waals surface area (Å²) in [4.78, 5) is 12.2. The Kier molecular flexibility index (Phi) is 4.77. The Morgan fingerprint density at radius 2 is 1.90 bits per heavy atom. The van der Waals surface area contributed by atoms with E-state index in [0.29, 0.717) is 23.5 Å².